The van der Waals surface area contributed by atoms with Crippen LogP contribution in [-0.2, 0) is 17.5 Å². The molecular weight excluding hydrogens is 444 g/mol. The van der Waals surface area contributed by atoms with Crippen molar-refractivity contribution >= 4 is 46.2 Å². The van der Waals surface area contributed by atoms with Gasteiger partial charge in [-0.1, -0.05) is 41.4 Å². The number of hydrogen-bond donors (Lipinski definition) is 1. The lowest BCUT2D eigenvalue weighted by atomic mass is 10.1. The summed E-state index contributed by atoms with van der Waals surface area (Å²) in [6, 6.07) is 11.0. The van der Waals surface area contributed by atoms with Gasteiger partial charge in [0.2, 0.25) is 0 Å². The highest BCUT2D eigenvalue weighted by atomic mass is 35.5. The molecule has 0 saturated carbocycles. The van der Waals surface area contributed by atoms with Crippen LogP contribution in [0.5, 0.6) is 0 Å². The van der Waals surface area contributed by atoms with Crippen LogP contribution in [-0.4, -0.2) is 29.3 Å². The standard InChI is InChI=1S/C20H19Cl2F3N2OS/c21-17-6-2-1-4-13(17)11-27(12-15-5-3-9-28-15)19(29)26-14-7-8-18(22)16(10-14)20(23,24)25/h1-2,4,6-8,10,15H,3,5,9,11-12H2,(H,26,29). The molecule has 29 heavy (non-hydrogen) atoms. The first-order valence-electron chi connectivity index (χ1n) is 9.01. The SMILES string of the molecule is FC(F)(F)c1cc(NC(=S)N(Cc2ccccc2Cl)CC2CCCO2)ccc1Cl. The van der Waals surface area contributed by atoms with Crippen LogP contribution in [0.3, 0.4) is 0 Å². The second-order valence-corrected chi connectivity index (χ2v) is 7.93. The van der Waals surface area contributed by atoms with Gasteiger partial charge in [-0.15, -0.1) is 0 Å². The van der Waals surface area contributed by atoms with Crippen molar-refractivity contribution in [3.05, 3.63) is 63.6 Å². The third-order valence-electron chi connectivity index (χ3n) is 4.58. The summed E-state index contributed by atoms with van der Waals surface area (Å²) in [6.45, 7) is 1.61. The molecule has 0 bridgehead atoms. The van der Waals surface area contributed by atoms with Crippen LogP contribution in [0, 0.1) is 0 Å². The van der Waals surface area contributed by atoms with E-state index in [9.17, 15) is 13.2 Å². The zero-order valence-electron chi connectivity index (χ0n) is 15.3. The molecule has 0 radical (unpaired) electrons. The predicted octanol–water partition coefficient (Wildman–Crippen LogP) is 6.39. The summed E-state index contributed by atoms with van der Waals surface area (Å²) in [5.74, 6) is 0. The normalized spacial score (nSPS) is 16.7. The van der Waals surface area contributed by atoms with Gasteiger partial charge in [-0.05, 0) is 54.9 Å². The zero-order chi connectivity index (χ0) is 21.0. The largest absolute Gasteiger partial charge is 0.417 e. The van der Waals surface area contributed by atoms with Gasteiger partial charge in [-0.3, -0.25) is 0 Å². The minimum atomic E-state index is -4.55. The first-order chi connectivity index (χ1) is 13.7. The van der Waals surface area contributed by atoms with E-state index in [4.69, 9.17) is 40.2 Å². The summed E-state index contributed by atoms with van der Waals surface area (Å²) in [5, 5.41) is 3.42. The lowest BCUT2D eigenvalue weighted by Crippen LogP contribution is -2.39. The van der Waals surface area contributed by atoms with E-state index in [0.717, 1.165) is 24.5 Å². The van der Waals surface area contributed by atoms with Crippen molar-refractivity contribution in [1.29, 1.82) is 0 Å². The third-order valence-corrected chi connectivity index (χ3v) is 5.64. The number of nitrogens with zero attached hydrogens (tertiary/aromatic N) is 1. The quantitative estimate of drug-likeness (QED) is 0.520. The summed E-state index contributed by atoms with van der Waals surface area (Å²) in [5.41, 5.74) is 0.162. The first-order valence-corrected chi connectivity index (χ1v) is 10.2. The molecule has 1 aliphatic heterocycles. The molecule has 0 aliphatic carbocycles. The van der Waals surface area contributed by atoms with Crippen LogP contribution in [0.4, 0.5) is 18.9 Å². The number of thiocarbonyl (C=S) groups is 1. The fourth-order valence-corrected chi connectivity index (χ4v) is 3.79. The van der Waals surface area contributed by atoms with Crippen molar-refractivity contribution in [2.45, 2.75) is 31.7 Å². The molecule has 0 aromatic heterocycles. The molecule has 1 fully saturated rings. The van der Waals surface area contributed by atoms with Crippen LogP contribution >= 0.6 is 35.4 Å². The summed E-state index contributed by atoms with van der Waals surface area (Å²) in [7, 11) is 0. The van der Waals surface area contributed by atoms with E-state index in [1.54, 1.807) is 6.07 Å². The second-order valence-electron chi connectivity index (χ2n) is 6.73. The second kappa shape index (κ2) is 9.51. The Hall–Kier alpha value is -1.54. The minimum Gasteiger partial charge on any atom is -0.376 e. The molecule has 0 spiro atoms. The van der Waals surface area contributed by atoms with Gasteiger partial charge in [0, 0.05) is 30.4 Å². The Balaban J connectivity index is 1.79. The number of halogens is 5. The Bertz CT molecular complexity index is 873. The van der Waals surface area contributed by atoms with Crippen LogP contribution in [0.2, 0.25) is 10.0 Å². The summed E-state index contributed by atoms with van der Waals surface area (Å²) < 4.78 is 45.1. The highest BCUT2D eigenvalue weighted by molar-refractivity contribution is 7.80. The lowest BCUT2D eigenvalue weighted by Gasteiger charge is -2.29. The highest BCUT2D eigenvalue weighted by Gasteiger charge is 2.33. The number of benzene rings is 2. The van der Waals surface area contributed by atoms with Gasteiger partial charge in [-0.2, -0.15) is 13.2 Å². The number of ether oxygens (including phenoxy) is 1. The van der Waals surface area contributed by atoms with E-state index in [2.05, 4.69) is 5.32 Å². The van der Waals surface area contributed by atoms with Gasteiger partial charge < -0.3 is 15.0 Å². The molecule has 1 saturated heterocycles. The van der Waals surface area contributed by atoms with E-state index in [1.165, 1.54) is 12.1 Å². The van der Waals surface area contributed by atoms with Crippen molar-refractivity contribution in [3.63, 3.8) is 0 Å². The maximum atomic E-state index is 13.1. The molecule has 1 N–H and O–H groups in total. The molecule has 9 heteroatoms. The molecule has 2 aromatic carbocycles. The molecule has 1 unspecified atom stereocenters. The number of alkyl halides is 3. The number of anilines is 1. The molecule has 0 amide bonds. The van der Waals surface area contributed by atoms with Gasteiger partial charge in [0.05, 0.1) is 16.7 Å². The van der Waals surface area contributed by atoms with Gasteiger partial charge in [-0.25, -0.2) is 0 Å². The van der Waals surface area contributed by atoms with Crippen LogP contribution < -0.4 is 5.32 Å². The fraction of sp³-hybridized carbons (Fsp3) is 0.350. The van der Waals surface area contributed by atoms with Gasteiger partial charge in [0.15, 0.2) is 5.11 Å². The molecule has 156 valence electrons. The van der Waals surface area contributed by atoms with Crippen molar-refractivity contribution in [2.75, 3.05) is 18.5 Å². The molecule has 2 aromatic rings. The first kappa shape index (κ1) is 22.2. The summed E-state index contributed by atoms with van der Waals surface area (Å²) >= 11 is 17.5. The van der Waals surface area contributed by atoms with E-state index >= 15 is 0 Å². The monoisotopic (exact) mass is 462 g/mol. The van der Waals surface area contributed by atoms with Crippen molar-refractivity contribution in [3.8, 4) is 0 Å². The van der Waals surface area contributed by atoms with Crippen molar-refractivity contribution in [1.82, 2.24) is 4.90 Å². The summed E-state index contributed by atoms with van der Waals surface area (Å²) in [4.78, 5) is 1.86. The minimum absolute atomic E-state index is 0.00758. The smallest absolute Gasteiger partial charge is 0.376 e. The van der Waals surface area contributed by atoms with Crippen molar-refractivity contribution < 1.29 is 17.9 Å². The average Bonchev–Trinajstić information content (AvgIpc) is 3.16. The van der Waals surface area contributed by atoms with Gasteiger partial charge in [0.25, 0.3) is 0 Å². The predicted molar refractivity (Wildman–Crippen MR) is 114 cm³/mol. The molecule has 3 nitrogen and oxygen atoms in total. The maximum absolute atomic E-state index is 13.1. The van der Waals surface area contributed by atoms with E-state index in [-0.39, 0.29) is 21.9 Å². The van der Waals surface area contributed by atoms with Crippen LogP contribution in [0.25, 0.3) is 0 Å². The lowest BCUT2D eigenvalue weighted by molar-refractivity contribution is -0.137. The Kier molecular flexibility index (Phi) is 7.27. The third kappa shape index (κ3) is 5.98. The van der Waals surface area contributed by atoms with Crippen LogP contribution in [0.15, 0.2) is 42.5 Å². The summed E-state index contributed by atoms with van der Waals surface area (Å²) in [6.07, 6.45) is -2.67. The van der Waals surface area contributed by atoms with Crippen LogP contribution in [0.1, 0.15) is 24.0 Å². The van der Waals surface area contributed by atoms with Crippen molar-refractivity contribution in [2.24, 2.45) is 0 Å². The van der Waals surface area contributed by atoms with E-state index < -0.39 is 11.7 Å². The molecule has 1 aliphatic rings. The Morgan fingerprint density at radius 3 is 2.59 bits per heavy atom. The number of hydrogen-bond acceptors (Lipinski definition) is 2. The molecule has 3 rings (SSSR count). The average molecular weight is 463 g/mol. The number of nitrogens with one attached hydrogen (secondary N) is 1. The molecule has 1 heterocycles. The van der Waals surface area contributed by atoms with E-state index in [1.807, 2.05) is 23.1 Å². The van der Waals surface area contributed by atoms with E-state index in [0.29, 0.717) is 24.7 Å². The van der Waals surface area contributed by atoms with Gasteiger partial charge >= 0.3 is 6.18 Å². The Morgan fingerprint density at radius 2 is 1.93 bits per heavy atom. The Morgan fingerprint density at radius 1 is 1.17 bits per heavy atom. The molecule has 1 atom stereocenters. The zero-order valence-corrected chi connectivity index (χ0v) is 17.6. The molecular formula is C20H19Cl2F3N2OS. The maximum Gasteiger partial charge on any atom is 0.417 e. The number of rotatable bonds is 5. The van der Waals surface area contributed by atoms with Gasteiger partial charge in [0.1, 0.15) is 0 Å². The highest BCUT2D eigenvalue weighted by Crippen LogP contribution is 2.36. The Labute approximate surface area is 182 Å². The fourth-order valence-electron chi connectivity index (χ4n) is 3.11. The topological polar surface area (TPSA) is 24.5 Å².